The number of ether oxygens (including phenoxy) is 1. The van der Waals surface area contributed by atoms with Crippen LogP contribution in [-0.4, -0.2) is 47.2 Å². The number of carbonyl (C=O) groups excluding carboxylic acids is 1. The van der Waals surface area contributed by atoms with Crippen LogP contribution in [0.1, 0.15) is 42.4 Å². The number of aromatic nitrogens is 2. The van der Waals surface area contributed by atoms with E-state index in [-0.39, 0.29) is 18.6 Å². The molecular weight excluding hydrogens is 246 g/mol. The lowest BCUT2D eigenvalue weighted by Crippen LogP contribution is -2.26. The molecule has 0 saturated carbocycles. The summed E-state index contributed by atoms with van der Waals surface area (Å²) in [4.78, 5) is 11.9. The summed E-state index contributed by atoms with van der Waals surface area (Å²) < 4.78 is 6.94. The van der Waals surface area contributed by atoms with E-state index in [0.29, 0.717) is 25.3 Å². The Kier molecular flexibility index (Phi) is 6.52. The highest BCUT2D eigenvalue weighted by atomic mass is 16.5. The second kappa shape index (κ2) is 7.91. The molecule has 19 heavy (non-hydrogen) atoms. The van der Waals surface area contributed by atoms with Gasteiger partial charge in [-0.1, -0.05) is 0 Å². The van der Waals surface area contributed by atoms with E-state index in [9.17, 15) is 4.79 Å². The third-order valence-corrected chi connectivity index (χ3v) is 2.77. The first-order valence-electron chi connectivity index (χ1n) is 6.58. The van der Waals surface area contributed by atoms with Crippen molar-refractivity contribution >= 4 is 5.91 Å². The minimum Gasteiger partial charge on any atom is -0.394 e. The number of nitrogens with one attached hydrogen (secondary N) is 1. The third-order valence-electron chi connectivity index (χ3n) is 2.77. The van der Waals surface area contributed by atoms with Gasteiger partial charge in [-0.25, -0.2) is 0 Å². The van der Waals surface area contributed by atoms with Gasteiger partial charge >= 0.3 is 0 Å². The molecule has 2 N–H and O–H groups in total. The van der Waals surface area contributed by atoms with Crippen LogP contribution in [0.3, 0.4) is 0 Å². The van der Waals surface area contributed by atoms with E-state index in [4.69, 9.17) is 9.84 Å². The van der Waals surface area contributed by atoms with Crippen molar-refractivity contribution < 1.29 is 14.6 Å². The van der Waals surface area contributed by atoms with E-state index in [2.05, 4.69) is 10.4 Å². The van der Waals surface area contributed by atoms with Crippen molar-refractivity contribution in [2.24, 2.45) is 0 Å². The summed E-state index contributed by atoms with van der Waals surface area (Å²) >= 11 is 0. The minimum atomic E-state index is -0.105. The number of hydrogen-bond donors (Lipinski definition) is 2. The summed E-state index contributed by atoms with van der Waals surface area (Å²) in [5.74, 6) is -0.105. The average molecular weight is 269 g/mol. The molecule has 1 heterocycles. The Hall–Kier alpha value is -1.40. The first kappa shape index (κ1) is 15.7. The second-order valence-electron chi connectivity index (χ2n) is 4.63. The normalized spacial score (nSPS) is 11.0. The Bertz CT molecular complexity index is 402. The molecule has 0 aromatic carbocycles. The fraction of sp³-hybridized carbons (Fsp3) is 0.692. The molecule has 0 bridgehead atoms. The maximum Gasteiger partial charge on any atom is 0.254 e. The summed E-state index contributed by atoms with van der Waals surface area (Å²) in [5.41, 5.74) is 1.49. The molecule has 1 rings (SSSR count). The van der Waals surface area contributed by atoms with Gasteiger partial charge in [0.15, 0.2) is 0 Å². The lowest BCUT2D eigenvalue weighted by atomic mass is 10.2. The predicted octanol–water partition coefficient (Wildman–Crippen LogP) is 0.901. The molecule has 0 atom stereocenters. The van der Waals surface area contributed by atoms with Crippen LogP contribution in [0.4, 0.5) is 0 Å². The molecule has 0 unspecified atom stereocenters. The fourth-order valence-corrected chi connectivity index (χ4v) is 1.80. The van der Waals surface area contributed by atoms with Gasteiger partial charge in [0.05, 0.1) is 25.0 Å². The van der Waals surface area contributed by atoms with Gasteiger partial charge in [0.25, 0.3) is 5.91 Å². The van der Waals surface area contributed by atoms with Crippen molar-refractivity contribution in [2.75, 3.05) is 26.4 Å². The van der Waals surface area contributed by atoms with Crippen LogP contribution in [0.2, 0.25) is 0 Å². The summed E-state index contributed by atoms with van der Waals surface area (Å²) in [7, 11) is 0. The molecule has 0 fully saturated rings. The molecule has 1 amide bonds. The number of carbonyl (C=O) groups is 1. The monoisotopic (exact) mass is 269 g/mol. The molecule has 0 aliphatic heterocycles. The zero-order valence-electron chi connectivity index (χ0n) is 11.8. The summed E-state index contributed by atoms with van der Waals surface area (Å²) in [6.07, 6.45) is 2.33. The Balaban J connectivity index is 2.37. The van der Waals surface area contributed by atoms with Crippen LogP contribution in [0, 0.1) is 6.92 Å². The molecule has 6 heteroatoms. The van der Waals surface area contributed by atoms with E-state index in [0.717, 1.165) is 12.1 Å². The van der Waals surface area contributed by atoms with Gasteiger partial charge in [-0.15, -0.1) is 0 Å². The van der Waals surface area contributed by atoms with Crippen LogP contribution in [0.25, 0.3) is 0 Å². The van der Waals surface area contributed by atoms with Crippen LogP contribution in [-0.2, 0) is 4.74 Å². The molecule has 6 nitrogen and oxygen atoms in total. The first-order valence-corrected chi connectivity index (χ1v) is 6.58. The predicted molar refractivity (Wildman–Crippen MR) is 72.2 cm³/mol. The molecule has 0 aliphatic carbocycles. The van der Waals surface area contributed by atoms with E-state index in [1.54, 1.807) is 6.20 Å². The van der Waals surface area contributed by atoms with Crippen LogP contribution in [0.15, 0.2) is 6.20 Å². The number of hydrogen-bond acceptors (Lipinski definition) is 4. The average Bonchev–Trinajstić information content (AvgIpc) is 2.75. The zero-order chi connectivity index (χ0) is 14.3. The highest BCUT2D eigenvalue weighted by Gasteiger charge is 2.14. The maximum atomic E-state index is 11.9. The van der Waals surface area contributed by atoms with Crippen molar-refractivity contribution in [3.05, 3.63) is 17.5 Å². The fourth-order valence-electron chi connectivity index (χ4n) is 1.80. The van der Waals surface area contributed by atoms with Gasteiger partial charge in [0.1, 0.15) is 0 Å². The highest BCUT2D eigenvalue weighted by Crippen LogP contribution is 2.12. The molecule has 0 radical (unpaired) electrons. The topological polar surface area (TPSA) is 76.4 Å². The molecule has 0 saturated heterocycles. The number of aliphatic hydroxyl groups excluding tert-OH is 1. The summed E-state index contributed by atoms with van der Waals surface area (Å²) in [6.45, 7) is 7.41. The Morgan fingerprint density at radius 3 is 2.84 bits per heavy atom. The molecule has 1 aromatic rings. The van der Waals surface area contributed by atoms with Gasteiger partial charge in [-0.05, 0) is 27.2 Å². The van der Waals surface area contributed by atoms with Crippen molar-refractivity contribution in [1.29, 1.82) is 0 Å². The molecule has 108 valence electrons. The largest absolute Gasteiger partial charge is 0.394 e. The smallest absolute Gasteiger partial charge is 0.254 e. The number of nitrogens with zero attached hydrogens (tertiary/aromatic N) is 2. The van der Waals surface area contributed by atoms with E-state index in [1.807, 2.05) is 25.5 Å². The Morgan fingerprint density at radius 1 is 1.53 bits per heavy atom. The summed E-state index contributed by atoms with van der Waals surface area (Å²) in [5, 5.41) is 15.6. The summed E-state index contributed by atoms with van der Waals surface area (Å²) in [6, 6.07) is 0.244. The van der Waals surface area contributed by atoms with Crippen LogP contribution in [0.5, 0.6) is 0 Å². The number of rotatable bonds is 8. The molecular formula is C13H23N3O3. The van der Waals surface area contributed by atoms with Gasteiger partial charge in [-0.2, -0.15) is 5.10 Å². The highest BCUT2D eigenvalue weighted by molar-refractivity contribution is 5.95. The van der Waals surface area contributed by atoms with Gasteiger partial charge in [0.2, 0.25) is 0 Å². The minimum absolute atomic E-state index is 0.0277. The van der Waals surface area contributed by atoms with Gasteiger partial charge < -0.3 is 15.2 Å². The van der Waals surface area contributed by atoms with E-state index < -0.39 is 0 Å². The Morgan fingerprint density at radius 2 is 2.26 bits per heavy atom. The van der Waals surface area contributed by atoms with Crippen molar-refractivity contribution in [3.8, 4) is 0 Å². The zero-order valence-corrected chi connectivity index (χ0v) is 11.8. The molecule has 0 spiro atoms. The van der Waals surface area contributed by atoms with Crippen LogP contribution < -0.4 is 5.32 Å². The van der Waals surface area contributed by atoms with E-state index in [1.165, 1.54) is 0 Å². The standard InChI is InChI=1S/C13H23N3O3/c1-10(2)16-11(3)12(9-15-16)13(18)14-5-4-7-19-8-6-17/h9-10,17H,4-8H2,1-3H3,(H,14,18). The SMILES string of the molecule is Cc1c(C(=O)NCCCOCCO)cnn1C(C)C. The van der Waals surface area contributed by atoms with Gasteiger partial charge in [0, 0.05) is 24.9 Å². The van der Waals surface area contributed by atoms with Gasteiger partial charge in [-0.3, -0.25) is 9.48 Å². The molecule has 0 aliphatic rings. The first-order chi connectivity index (χ1) is 9.07. The van der Waals surface area contributed by atoms with Crippen LogP contribution >= 0.6 is 0 Å². The second-order valence-corrected chi connectivity index (χ2v) is 4.63. The number of aliphatic hydroxyl groups is 1. The van der Waals surface area contributed by atoms with Crippen molar-refractivity contribution in [2.45, 2.75) is 33.2 Å². The maximum absolute atomic E-state index is 11.9. The molecule has 1 aromatic heterocycles. The quantitative estimate of drug-likeness (QED) is 0.688. The Labute approximate surface area is 113 Å². The van der Waals surface area contributed by atoms with E-state index >= 15 is 0 Å². The third kappa shape index (κ3) is 4.65. The lowest BCUT2D eigenvalue weighted by molar-refractivity contribution is 0.0867. The lowest BCUT2D eigenvalue weighted by Gasteiger charge is -2.09. The van der Waals surface area contributed by atoms with Crippen molar-refractivity contribution in [3.63, 3.8) is 0 Å². The van der Waals surface area contributed by atoms with Crippen molar-refractivity contribution in [1.82, 2.24) is 15.1 Å². The number of amides is 1.